The number of nitrogens with two attached hydrogens (primary N) is 1. The minimum absolute atomic E-state index is 0.223. The van der Waals surface area contributed by atoms with Crippen molar-refractivity contribution in [3.8, 4) is 0 Å². The van der Waals surface area contributed by atoms with Crippen LogP contribution in [0, 0.1) is 0 Å². The molecule has 0 aliphatic carbocycles. The van der Waals surface area contributed by atoms with Crippen molar-refractivity contribution in [2.75, 3.05) is 32.8 Å². The highest BCUT2D eigenvalue weighted by Gasteiger charge is 2.25. The molecule has 1 fully saturated rings. The molecule has 2 N–H and O–H groups in total. The van der Waals surface area contributed by atoms with Gasteiger partial charge in [0.2, 0.25) is 0 Å². The molecular formula is C10H21N3O2. The topological polar surface area (TPSA) is 58.8 Å². The van der Waals surface area contributed by atoms with Gasteiger partial charge in [-0.3, -0.25) is 4.90 Å². The molecule has 1 saturated heterocycles. The maximum atomic E-state index is 11.7. The Morgan fingerprint density at radius 1 is 1.27 bits per heavy atom. The first-order chi connectivity index (χ1) is 6.92. The predicted octanol–water partition coefficient (Wildman–Crippen LogP) is 0.455. The fourth-order valence-electron chi connectivity index (χ4n) is 1.44. The number of nitrogens with zero attached hydrogens (tertiary/aromatic N) is 2. The van der Waals surface area contributed by atoms with Crippen molar-refractivity contribution in [2.24, 2.45) is 5.73 Å². The van der Waals surface area contributed by atoms with Crippen LogP contribution < -0.4 is 5.73 Å². The number of rotatable bonds is 1. The number of piperazine rings is 1. The lowest BCUT2D eigenvalue weighted by molar-refractivity contribution is 0.0147. The number of carbonyl (C=O) groups excluding carboxylic acids is 1. The number of hydrogen-bond acceptors (Lipinski definition) is 4. The lowest BCUT2D eigenvalue weighted by Gasteiger charge is -2.34. The molecule has 5 nitrogen and oxygen atoms in total. The lowest BCUT2D eigenvalue weighted by Crippen LogP contribution is -2.51. The van der Waals surface area contributed by atoms with Gasteiger partial charge in [-0.25, -0.2) is 4.79 Å². The number of amides is 1. The van der Waals surface area contributed by atoms with Crippen molar-refractivity contribution in [3.05, 3.63) is 0 Å². The van der Waals surface area contributed by atoms with Gasteiger partial charge in [0.1, 0.15) is 5.60 Å². The van der Waals surface area contributed by atoms with E-state index in [0.29, 0.717) is 19.8 Å². The monoisotopic (exact) mass is 215 g/mol. The van der Waals surface area contributed by atoms with E-state index in [1.54, 1.807) is 4.90 Å². The maximum absolute atomic E-state index is 11.7. The normalized spacial score (nSPS) is 19.1. The third-order valence-electron chi connectivity index (χ3n) is 2.28. The first-order valence-electron chi connectivity index (χ1n) is 5.33. The summed E-state index contributed by atoms with van der Waals surface area (Å²) < 4.78 is 5.28. The van der Waals surface area contributed by atoms with Gasteiger partial charge in [-0.1, -0.05) is 0 Å². The molecule has 0 bridgehead atoms. The summed E-state index contributed by atoms with van der Waals surface area (Å²) >= 11 is 0. The van der Waals surface area contributed by atoms with Crippen LogP contribution in [0.5, 0.6) is 0 Å². The van der Waals surface area contributed by atoms with E-state index >= 15 is 0 Å². The van der Waals surface area contributed by atoms with Crippen molar-refractivity contribution in [1.29, 1.82) is 0 Å². The summed E-state index contributed by atoms with van der Waals surface area (Å²) in [7, 11) is 0. The van der Waals surface area contributed by atoms with E-state index in [1.165, 1.54) is 0 Å². The van der Waals surface area contributed by atoms with E-state index in [0.717, 1.165) is 13.1 Å². The summed E-state index contributed by atoms with van der Waals surface area (Å²) in [5.74, 6) is 0. The molecule has 15 heavy (non-hydrogen) atoms. The number of carbonyl (C=O) groups is 1. The zero-order chi connectivity index (χ0) is 11.5. The zero-order valence-corrected chi connectivity index (χ0v) is 9.82. The smallest absolute Gasteiger partial charge is 0.410 e. The molecule has 1 heterocycles. The van der Waals surface area contributed by atoms with Crippen LogP contribution in [-0.4, -0.2) is 54.3 Å². The number of ether oxygens (including phenoxy) is 1. The Balaban J connectivity index is 2.37. The van der Waals surface area contributed by atoms with Crippen molar-refractivity contribution < 1.29 is 9.53 Å². The van der Waals surface area contributed by atoms with Crippen LogP contribution in [0.1, 0.15) is 20.8 Å². The van der Waals surface area contributed by atoms with Crippen molar-refractivity contribution >= 4 is 6.09 Å². The van der Waals surface area contributed by atoms with Crippen LogP contribution in [0.15, 0.2) is 0 Å². The van der Waals surface area contributed by atoms with E-state index < -0.39 is 5.60 Å². The van der Waals surface area contributed by atoms with Crippen LogP contribution in [0.4, 0.5) is 4.79 Å². The highest BCUT2D eigenvalue weighted by atomic mass is 16.6. The summed E-state index contributed by atoms with van der Waals surface area (Å²) in [5, 5.41) is 0. The molecule has 0 unspecified atom stereocenters. The van der Waals surface area contributed by atoms with Gasteiger partial charge in [0.15, 0.2) is 0 Å². The summed E-state index contributed by atoms with van der Waals surface area (Å²) in [5.41, 5.74) is 5.10. The Kier molecular flexibility index (Phi) is 3.93. The Bertz CT molecular complexity index is 217. The highest BCUT2D eigenvalue weighted by Crippen LogP contribution is 2.11. The fraction of sp³-hybridized carbons (Fsp3) is 0.900. The second-order valence-corrected chi connectivity index (χ2v) is 4.77. The Labute approximate surface area is 91.2 Å². The standard InChI is InChI=1S/C10H21N3O2/c1-10(2,3)15-9(14)13-6-4-12(8-11)5-7-13/h4-8,11H2,1-3H3. The molecule has 0 spiro atoms. The molecule has 1 aliphatic rings. The largest absolute Gasteiger partial charge is 0.444 e. The minimum Gasteiger partial charge on any atom is -0.444 e. The highest BCUT2D eigenvalue weighted by molar-refractivity contribution is 5.68. The predicted molar refractivity (Wildman–Crippen MR) is 58.4 cm³/mol. The Morgan fingerprint density at radius 3 is 2.20 bits per heavy atom. The Morgan fingerprint density at radius 2 is 1.80 bits per heavy atom. The summed E-state index contributed by atoms with van der Waals surface area (Å²) in [6.07, 6.45) is -0.223. The third-order valence-corrected chi connectivity index (χ3v) is 2.28. The molecule has 1 aliphatic heterocycles. The molecule has 1 rings (SSSR count). The van der Waals surface area contributed by atoms with Gasteiger partial charge in [0.05, 0.1) is 0 Å². The average Bonchev–Trinajstić information content (AvgIpc) is 2.15. The lowest BCUT2D eigenvalue weighted by atomic mass is 10.2. The average molecular weight is 215 g/mol. The van der Waals surface area contributed by atoms with Crippen LogP contribution >= 0.6 is 0 Å². The molecular weight excluding hydrogens is 194 g/mol. The van der Waals surface area contributed by atoms with Crippen molar-refractivity contribution in [1.82, 2.24) is 9.80 Å². The zero-order valence-electron chi connectivity index (χ0n) is 9.82. The van der Waals surface area contributed by atoms with Gasteiger partial charge in [0, 0.05) is 32.8 Å². The quantitative estimate of drug-likeness (QED) is 0.690. The van der Waals surface area contributed by atoms with Gasteiger partial charge >= 0.3 is 6.09 Å². The van der Waals surface area contributed by atoms with Crippen LogP contribution in [-0.2, 0) is 4.74 Å². The van der Waals surface area contributed by atoms with Crippen molar-refractivity contribution in [2.45, 2.75) is 26.4 Å². The van der Waals surface area contributed by atoms with Crippen LogP contribution in [0.2, 0.25) is 0 Å². The van der Waals surface area contributed by atoms with E-state index in [-0.39, 0.29) is 6.09 Å². The van der Waals surface area contributed by atoms with E-state index in [2.05, 4.69) is 4.90 Å². The SMILES string of the molecule is CC(C)(C)OC(=O)N1CCN(CN)CC1. The minimum atomic E-state index is -0.415. The molecule has 0 radical (unpaired) electrons. The molecule has 0 atom stereocenters. The summed E-state index contributed by atoms with van der Waals surface area (Å²) in [6.45, 7) is 9.25. The molecule has 5 heteroatoms. The van der Waals surface area contributed by atoms with Gasteiger partial charge in [-0.05, 0) is 20.8 Å². The Hall–Kier alpha value is -0.810. The molecule has 0 aromatic heterocycles. The van der Waals surface area contributed by atoms with Crippen molar-refractivity contribution in [3.63, 3.8) is 0 Å². The molecule has 88 valence electrons. The summed E-state index contributed by atoms with van der Waals surface area (Å²) in [4.78, 5) is 15.5. The molecule has 1 amide bonds. The van der Waals surface area contributed by atoms with Gasteiger partial charge < -0.3 is 15.4 Å². The maximum Gasteiger partial charge on any atom is 0.410 e. The first kappa shape index (κ1) is 12.3. The molecule has 0 aromatic rings. The summed E-state index contributed by atoms with van der Waals surface area (Å²) in [6, 6.07) is 0. The van der Waals surface area contributed by atoms with E-state index in [4.69, 9.17) is 10.5 Å². The van der Waals surface area contributed by atoms with Gasteiger partial charge in [-0.2, -0.15) is 0 Å². The second kappa shape index (κ2) is 4.81. The van der Waals surface area contributed by atoms with Crippen LogP contribution in [0.25, 0.3) is 0 Å². The van der Waals surface area contributed by atoms with Gasteiger partial charge in [0.25, 0.3) is 0 Å². The molecule has 0 aromatic carbocycles. The van der Waals surface area contributed by atoms with Crippen LogP contribution in [0.3, 0.4) is 0 Å². The first-order valence-corrected chi connectivity index (χ1v) is 5.33. The molecule has 0 saturated carbocycles. The second-order valence-electron chi connectivity index (χ2n) is 4.77. The van der Waals surface area contributed by atoms with E-state index in [1.807, 2.05) is 20.8 Å². The van der Waals surface area contributed by atoms with Gasteiger partial charge in [-0.15, -0.1) is 0 Å². The fourth-order valence-corrected chi connectivity index (χ4v) is 1.44. The van der Waals surface area contributed by atoms with E-state index in [9.17, 15) is 4.79 Å². The number of hydrogen-bond donors (Lipinski definition) is 1. The third kappa shape index (κ3) is 4.05.